The number of carbonyl (C=O) groups is 1. The Morgan fingerprint density at radius 1 is 1.41 bits per heavy atom. The minimum atomic E-state index is -0.974. The van der Waals surface area contributed by atoms with Gasteiger partial charge in [0.15, 0.2) is 0 Å². The maximum absolute atomic E-state index is 13.2. The van der Waals surface area contributed by atoms with E-state index in [1.54, 1.807) is 6.07 Å². The third kappa shape index (κ3) is 4.80. The summed E-state index contributed by atoms with van der Waals surface area (Å²) >= 11 is 0. The summed E-state index contributed by atoms with van der Waals surface area (Å²) in [6.07, 6.45) is 0.824. The van der Waals surface area contributed by atoms with E-state index in [9.17, 15) is 13.4 Å². The van der Waals surface area contributed by atoms with E-state index < -0.39 is 10.8 Å². The fourth-order valence-electron chi connectivity index (χ4n) is 2.24. The van der Waals surface area contributed by atoms with E-state index in [0.29, 0.717) is 12.3 Å². The van der Waals surface area contributed by atoms with Crippen molar-refractivity contribution in [2.75, 3.05) is 12.3 Å². The zero-order valence-electron chi connectivity index (χ0n) is 13.2. The number of nitrogens with one attached hydrogen (secondary N) is 2. The van der Waals surface area contributed by atoms with E-state index in [1.807, 2.05) is 26.8 Å². The van der Waals surface area contributed by atoms with Crippen molar-refractivity contribution >= 4 is 16.8 Å². The van der Waals surface area contributed by atoms with Crippen LogP contribution in [0.5, 0.6) is 0 Å². The van der Waals surface area contributed by atoms with Crippen molar-refractivity contribution in [3.05, 3.63) is 35.6 Å². The van der Waals surface area contributed by atoms with Gasteiger partial charge >= 0.3 is 6.03 Å². The first-order valence-corrected chi connectivity index (χ1v) is 8.77. The third-order valence-electron chi connectivity index (χ3n) is 3.64. The van der Waals surface area contributed by atoms with Gasteiger partial charge in [0.05, 0.1) is 0 Å². The molecular formula is C16H23FN2O2S. The van der Waals surface area contributed by atoms with Crippen LogP contribution in [0.15, 0.2) is 24.3 Å². The van der Waals surface area contributed by atoms with Crippen LogP contribution in [0.4, 0.5) is 9.18 Å². The van der Waals surface area contributed by atoms with Crippen LogP contribution >= 0.6 is 0 Å². The van der Waals surface area contributed by atoms with Crippen LogP contribution in [-0.4, -0.2) is 33.3 Å². The average molecular weight is 326 g/mol. The molecule has 0 aromatic heterocycles. The topological polar surface area (TPSA) is 58.2 Å². The lowest BCUT2D eigenvalue weighted by Gasteiger charge is -2.17. The first-order chi connectivity index (χ1) is 10.3. The summed E-state index contributed by atoms with van der Waals surface area (Å²) in [7, 11) is -0.974. The van der Waals surface area contributed by atoms with Gasteiger partial charge in [-0.3, -0.25) is 4.21 Å². The molecule has 0 saturated heterocycles. The molecule has 0 unspecified atom stereocenters. The average Bonchev–Trinajstić information content (AvgIpc) is 3.16. The third-order valence-corrected chi connectivity index (χ3v) is 5.58. The quantitative estimate of drug-likeness (QED) is 0.873. The summed E-state index contributed by atoms with van der Waals surface area (Å²) in [5, 5.41) is 5.59. The monoisotopic (exact) mass is 326 g/mol. The fraction of sp³-hybridized carbons (Fsp3) is 0.562. The Morgan fingerprint density at radius 3 is 2.77 bits per heavy atom. The number of rotatable bonds is 5. The number of halogens is 1. The minimum absolute atomic E-state index is 0.0508. The highest BCUT2D eigenvalue weighted by Crippen LogP contribution is 2.40. The molecule has 1 aromatic rings. The van der Waals surface area contributed by atoms with Crippen LogP contribution in [0, 0.1) is 5.82 Å². The summed E-state index contributed by atoms with van der Waals surface area (Å²) in [4.78, 5) is 11.8. The Labute approximate surface area is 133 Å². The molecule has 4 nitrogen and oxygen atoms in total. The lowest BCUT2D eigenvalue weighted by atomic mass is 10.1. The van der Waals surface area contributed by atoms with Crippen LogP contribution < -0.4 is 10.6 Å². The smallest absolute Gasteiger partial charge is 0.315 e. The van der Waals surface area contributed by atoms with Crippen LogP contribution in [0.1, 0.15) is 38.7 Å². The summed E-state index contributed by atoms with van der Waals surface area (Å²) in [5.41, 5.74) is 0.916. The van der Waals surface area contributed by atoms with Crippen molar-refractivity contribution in [3.8, 4) is 0 Å². The SMILES string of the molecule is CC(C)(C)[S@@](=O)CCNC(=O)N[C@H]1C[C@@H]1c1cccc(F)c1. The van der Waals surface area contributed by atoms with Crippen molar-refractivity contribution in [2.24, 2.45) is 0 Å². The molecule has 2 N–H and O–H groups in total. The van der Waals surface area contributed by atoms with Crippen LogP contribution in [0.3, 0.4) is 0 Å². The van der Waals surface area contributed by atoms with Crippen molar-refractivity contribution in [1.82, 2.24) is 10.6 Å². The molecule has 6 heteroatoms. The second kappa shape index (κ2) is 6.77. The highest BCUT2D eigenvalue weighted by Gasteiger charge is 2.39. The van der Waals surface area contributed by atoms with Gasteiger partial charge in [0, 0.05) is 39.8 Å². The molecule has 1 aromatic carbocycles. The van der Waals surface area contributed by atoms with Crippen molar-refractivity contribution in [2.45, 2.75) is 43.9 Å². The molecule has 1 saturated carbocycles. The highest BCUT2D eigenvalue weighted by atomic mass is 32.2. The lowest BCUT2D eigenvalue weighted by Crippen LogP contribution is -2.40. The van der Waals surface area contributed by atoms with Crippen molar-refractivity contribution in [3.63, 3.8) is 0 Å². The summed E-state index contributed by atoms with van der Waals surface area (Å²) < 4.78 is 24.7. The van der Waals surface area contributed by atoms with Gasteiger partial charge in [-0.2, -0.15) is 0 Å². The summed E-state index contributed by atoms with van der Waals surface area (Å²) in [5.74, 6) is 0.372. The molecule has 122 valence electrons. The van der Waals surface area contributed by atoms with Gasteiger partial charge in [-0.25, -0.2) is 9.18 Å². The van der Waals surface area contributed by atoms with Gasteiger partial charge in [-0.1, -0.05) is 12.1 Å². The first kappa shape index (κ1) is 16.9. The molecule has 2 amide bonds. The van der Waals surface area contributed by atoms with E-state index >= 15 is 0 Å². The molecule has 1 fully saturated rings. The highest BCUT2D eigenvalue weighted by molar-refractivity contribution is 7.86. The van der Waals surface area contributed by atoms with Gasteiger partial charge in [-0.15, -0.1) is 0 Å². The molecular weight excluding hydrogens is 303 g/mol. The van der Waals surface area contributed by atoms with Crippen molar-refractivity contribution < 1.29 is 13.4 Å². The van der Waals surface area contributed by atoms with E-state index in [-0.39, 0.29) is 28.6 Å². The first-order valence-electron chi connectivity index (χ1n) is 7.45. The molecule has 0 radical (unpaired) electrons. The fourth-order valence-corrected chi connectivity index (χ4v) is 3.14. The molecule has 0 heterocycles. The largest absolute Gasteiger partial charge is 0.337 e. The summed E-state index contributed by atoms with van der Waals surface area (Å²) in [6.45, 7) is 6.12. The number of urea groups is 1. The predicted molar refractivity (Wildman–Crippen MR) is 86.8 cm³/mol. The maximum Gasteiger partial charge on any atom is 0.315 e. The van der Waals surface area contributed by atoms with Gasteiger partial charge in [0.1, 0.15) is 5.82 Å². The van der Waals surface area contributed by atoms with E-state index in [4.69, 9.17) is 0 Å². The van der Waals surface area contributed by atoms with E-state index in [1.165, 1.54) is 12.1 Å². The molecule has 1 aliphatic carbocycles. The molecule has 0 spiro atoms. The van der Waals surface area contributed by atoms with Crippen LogP contribution in [-0.2, 0) is 10.8 Å². The molecule has 1 aliphatic rings. The Bertz CT molecular complexity index is 572. The predicted octanol–water partition coefficient (Wildman–Crippen LogP) is 2.53. The normalized spacial score (nSPS) is 22.0. The van der Waals surface area contributed by atoms with Gasteiger partial charge < -0.3 is 10.6 Å². The van der Waals surface area contributed by atoms with E-state index in [0.717, 1.165) is 12.0 Å². The minimum Gasteiger partial charge on any atom is -0.337 e. The van der Waals surface area contributed by atoms with Gasteiger partial charge in [0.25, 0.3) is 0 Å². The van der Waals surface area contributed by atoms with Crippen LogP contribution in [0.2, 0.25) is 0 Å². The van der Waals surface area contributed by atoms with Gasteiger partial charge in [0.2, 0.25) is 0 Å². The second-order valence-electron chi connectivity index (χ2n) is 6.57. The number of amides is 2. The standard InChI is InChI=1S/C16H23FN2O2S/c1-16(2,3)22(21)8-7-18-15(20)19-14-10-13(14)11-5-4-6-12(17)9-11/h4-6,9,13-14H,7-8,10H2,1-3H3,(H2,18,19,20)/t13-,14+,22+/m1/s1. The molecule has 2 rings (SSSR count). The van der Waals surface area contributed by atoms with Gasteiger partial charge in [-0.05, 0) is 44.9 Å². The number of benzene rings is 1. The lowest BCUT2D eigenvalue weighted by molar-refractivity contribution is 0.241. The Kier molecular flexibility index (Phi) is 5.21. The zero-order chi connectivity index (χ0) is 16.3. The Hall–Kier alpha value is -1.43. The number of hydrogen-bond acceptors (Lipinski definition) is 2. The van der Waals surface area contributed by atoms with Crippen LogP contribution in [0.25, 0.3) is 0 Å². The molecule has 22 heavy (non-hydrogen) atoms. The van der Waals surface area contributed by atoms with Crippen molar-refractivity contribution in [1.29, 1.82) is 0 Å². The molecule has 3 atom stereocenters. The number of carbonyl (C=O) groups excluding carboxylic acids is 1. The Morgan fingerprint density at radius 2 is 2.14 bits per heavy atom. The zero-order valence-corrected chi connectivity index (χ0v) is 14.0. The van der Waals surface area contributed by atoms with E-state index in [2.05, 4.69) is 10.6 Å². The molecule has 0 bridgehead atoms. The maximum atomic E-state index is 13.2. The number of hydrogen-bond donors (Lipinski definition) is 2. The molecule has 0 aliphatic heterocycles. The Balaban J connectivity index is 1.70. The summed E-state index contributed by atoms with van der Waals surface area (Å²) in [6, 6.07) is 6.28. The second-order valence-corrected chi connectivity index (χ2v) is 8.89.